The van der Waals surface area contributed by atoms with E-state index in [0.29, 0.717) is 26.2 Å². The molecule has 26 heavy (non-hydrogen) atoms. The van der Waals surface area contributed by atoms with Gasteiger partial charge in [0.25, 0.3) is 0 Å². The molecule has 2 rings (SSSR count). The summed E-state index contributed by atoms with van der Waals surface area (Å²) in [6.45, 7) is 4.54. The van der Waals surface area contributed by atoms with Crippen molar-refractivity contribution in [3.05, 3.63) is 30.7 Å². The number of hydrogen-bond acceptors (Lipinski definition) is 4. The predicted octanol–water partition coefficient (Wildman–Crippen LogP) is 2.93. The molecule has 6 heteroatoms. The monoisotopic (exact) mass is 377 g/mol. The fraction of sp³-hybridized carbons (Fsp3) is 0.550. The Morgan fingerprint density at radius 2 is 1.81 bits per heavy atom. The van der Waals surface area contributed by atoms with E-state index >= 15 is 0 Å². The van der Waals surface area contributed by atoms with Crippen molar-refractivity contribution >= 4 is 15.7 Å². The zero-order valence-corrected chi connectivity index (χ0v) is 16.6. The predicted molar refractivity (Wildman–Crippen MR) is 107 cm³/mol. The van der Waals surface area contributed by atoms with Gasteiger partial charge >= 0.3 is 0 Å². The van der Waals surface area contributed by atoms with Crippen LogP contribution < -0.4 is 9.64 Å². The molecule has 1 aromatic rings. The number of benzene rings is 1. The molecule has 0 unspecified atom stereocenters. The Hall–Kier alpha value is -1.71. The van der Waals surface area contributed by atoms with Gasteiger partial charge in [-0.15, -0.1) is 5.92 Å². The second kappa shape index (κ2) is 10.4. The zero-order chi connectivity index (χ0) is 18.8. The van der Waals surface area contributed by atoms with E-state index in [0.717, 1.165) is 24.3 Å². The number of piperazine rings is 1. The molecule has 0 N–H and O–H groups in total. The summed E-state index contributed by atoms with van der Waals surface area (Å²) in [5, 5.41) is 0. The number of hydrogen-bond donors (Lipinski definition) is 0. The van der Waals surface area contributed by atoms with Gasteiger partial charge in [0.15, 0.2) is 0 Å². The minimum Gasteiger partial charge on any atom is -0.497 e. The zero-order valence-electron chi connectivity index (χ0n) is 15.8. The number of ether oxygens (including phenoxy) is 1. The summed E-state index contributed by atoms with van der Waals surface area (Å²) in [6, 6.07) is 7.86. The lowest BCUT2D eigenvalue weighted by Crippen LogP contribution is -2.49. The fourth-order valence-electron chi connectivity index (χ4n) is 2.88. The molecule has 0 bridgehead atoms. The van der Waals surface area contributed by atoms with Crippen molar-refractivity contribution in [1.29, 1.82) is 0 Å². The van der Waals surface area contributed by atoms with Gasteiger partial charge in [0.1, 0.15) is 5.75 Å². The van der Waals surface area contributed by atoms with E-state index in [-0.39, 0.29) is 5.75 Å². The highest BCUT2D eigenvalue weighted by Gasteiger charge is 2.26. The highest BCUT2D eigenvalue weighted by Crippen LogP contribution is 2.21. The van der Waals surface area contributed by atoms with Crippen LogP contribution in [0, 0.1) is 18.3 Å². The first-order valence-corrected chi connectivity index (χ1v) is 10.8. The molecular formula is C20H29N2O3S. The Bertz CT molecular complexity index is 697. The first-order chi connectivity index (χ1) is 12.6. The van der Waals surface area contributed by atoms with Crippen LogP contribution in [-0.2, 0) is 10.0 Å². The first kappa shape index (κ1) is 20.6. The van der Waals surface area contributed by atoms with Crippen LogP contribution in [-0.4, -0.2) is 51.8 Å². The minimum atomic E-state index is -3.27. The van der Waals surface area contributed by atoms with Crippen molar-refractivity contribution in [2.75, 3.05) is 43.9 Å². The standard InChI is InChI=1S/C20H29N2O3S/c1-3-4-5-6-7-8-9-18-26(23,24)22-16-14-21(15-17-22)19-10-12-20(25-2)13-11-19/h9-13H,3-6,14-18H2,1-2H3. The van der Waals surface area contributed by atoms with Gasteiger partial charge in [-0.05, 0) is 30.7 Å². The van der Waals surface area contributed by atoms with Crippen LogP contribution in [0.1, 0.15) is 32.6 Å². The first-order valence-electron chi connectivity index (χ1n) is 9.23. The summed E-state index contributed by atoms with van der Waals surface area (Å²) < 4.78 is 31.6. The molecule has 0 aromatic heterocycles. The normalized spacial score (nSPS) is 15.4. The van der Waals surface area contributed by atoms with E-state index in [1.54, 1.807) is 17.8 Å². The van der Waals surface area contributed by atoms with Crippen LogP contribution in [0.15, 0.2) is 24.3 Å². The van der Waals surface area contributed by atoms with Crippen LogP contribution in [0.5, 0.6) is 5.75 Å². The number of nitrogens with zero attached hydrogens (tertiary/aromatic N) is 2. The summed E-state index contributed by atoms with van der Waals surface area (Å²) in [7, 11) is -1.62. The van der Waals surface area contributed by atoms with Gasteiger partial charge in [0.05, 0.1) is 19.3 Å². The molecule has 1 radical (unpaired) electrons. The van der Waals surface area contributed by atoms with Crippen molar-refractivity contribution in [3.63, 3.8) is 0 Å². The van der Waals surface area contributed by atoms with Crippen molar-refractivity contribution in [3.8, 4) is 17.6 Å². The molecule has 0 spiro atoms. The second-order valence-corrected chi connectivity index (χ2v) is 8.36. The molecule has 0 amide bonds. The Balaban J connectivity index is 1.78. The molecule has 1 fully saturated rings. The van der Waals surface area contributed by atoms with Gasteiger partial charge in [-0.25, -0.2) is 8.42 Å². The highest BCUT2D eigenvalue weighted by atomic mass is 32.2. The summed E-state index contributed by atoms with van der Waals surface area (Å²) in [5.74, 6) is 6.73. The van der Waals surface area contributed by atoms with E-state index in [2.05, 4.69) is 23.7 Å². The van der Waals surface area contributed by atoms with E-state index in [9.17, 15) is 8.42 Å². The number of anilines is 1. The van der Waals surface area contributed by atoms with Crippen molar-refractivity contribution in [2.24, 2.45) is 0 Å². The maximum absolute atomic E-state index is 12.4. The fourth-order valence-corrected chi connectivity index (χ4v) is 4.10. The minimum absolute atomic E-state index is 0.00366. The average molecular weight is 378 g/mol. The Morgan fingerprint density at radius 3 is 2.42 bits per heavy atom. The molecule has 0 atom stereocenters. The number of rotatable bonds is 8. The van der Waals surface area contributed by atoms with Gasteiger partial charge < -0.3 is 9.64 Å². The Labute approximate surface area is 158 Å². The van der Waals surface area contributed by atoms with Crippen LogP contribution in [0.2, 0.25) is 0 Å². The third kappa shape index (κ3) is 6.22. The van der Waals surface area contributed by atoms with E-state index in [4.69, 9.17) is 4.74 Å². The van der Waals surface area contributed by atoms with E-state index < -0.39 is 10.0 Å². The molecule has 5 nitrogen and oxygen atoms in total. The summed E-state index contributed by atoms with van der Waals surface area (Å²) >= 11 is 0. The third-order valence-electron chi connectivity index (χ3n) is 4.47. The molecule has 143 valence electrons. The average Bonchev–Trinajstić information content (AvgIpc) is 2.67. The third-order valence-corrected chi connectivity index (χ3v) is 6.21. The molecule has 0 saturated carbocycles. The van der Waals surface area contributed by atoms with Gasteiger partial charge in [0.2, 0.25) is 10.0 Å². The maximum atomic E-state index is 12.4. The van der Waals surface area contributed by atoms with Gasteiger partial charge in [-0.2, -0.15) is 4.31 Å². The lowest BCUT2D eigenvalue weighted by molar-refractivity contribution is 0.386. The molecular weight excluding hydrogens is 348 g/mol. The van der Waals surface area contributed by atoms with Crippen molar-refractivity contribution in [2.45, 2.75) is 32.6 Å². The Kier molecular flexibility index (Phi) is 8.27. The number of methoxy groups -OCH3 is 1. The van der Waals surface area contributed by atoms with Crippen LogP contribution in [0.3, 0.4) is 0 Å². The summed E-state index contributed by atoms with van der Waals surface area (Å²) in [5.41, 5.74) is 1.09. The van der Waals surface area contributed by atoms with E-state index in [1.165, 1.54) is 12.8 Å². The van der Waals surface area contributed by atoms with Crippen molar-refractivity contribution in [1.82, 2.24) is 4.31 Å². The molecule has 1 aliphatic rings. The number of unbranched alkanes of at least 4 members (excludes halogenated alkanes) is 3. The number of sulfonamides is 1. The second-order valence-electron chi connectivity index (χ2n) is 6.35. The smallest absolute Gasteiger partial charge is 0.215 e. The van der Waals surface area contributed by atoms with Gasteiger partial charge in [-0.1, -0.05) is 25.7 Å². The summed E-state index contributed by atoms with van der Waals surface area (Å²) in [6.07, 6.45) is 5.84. The maximum Gasteiger partial charge on any atom is 0.215 e. The summed E-state index contributed by atoms with van der Waals surface area (Å²) in [4.78, 5) is 2.20. The SMILES string of the molecule is CCCCCC#C[CH]CS(=O)(=O)N1CCN(c2ccc(OC)cc2)CC1. The molecule has 1 saturated heterocycles. The molecule has 0 aliphatic carbocycles. The molecule has 1 heterocycles. The van der Waals surface area contributed by atoms with Crippen LogP contribution in [0.25, 0.3) is 0 Å². The molecule has 1 aromatic carbocycles. The van der Waals surface area contributed by atoms with Gasteiger partial charge in [-0.3, -0.25) is 0 Å². The largest absolute Gasteiger partial charge is 0.497 e. The highest BCUT2D eigenvalue weighted by molar-refractivity contribution is 7.89. The topological polar surface area (TPSA) is 49.9 Å². The lowest BCUT2D eigenvalue weighted by Gasteiger charge is -2.35. The van der Waals surface area contributed by atoms with Crippen LogP contribution >= 0.6 is 0 Å². The van der Waals surface area contributed by atoms with Gasteiger partial charge in [0, 0.05) is 38.3 Å². The van der Waals surface area contributed by atoms with Crippen LogP contribution in [0.4, 0.5) is 5.69 Å². The Morgan fingerprint density at radius 1 is 1.12 bits per heavy atom. The quantitative estimate of drug-likeness (QED) is 0.516. The van der Waals surface area contributed by atoms with E-state index in [1.807, 2.05) is 24.3 Å². The van der Waals surface area contributed by atoms with Crippen molar-refractivity contribution < 1.29 is 13.2 Å². The lowest BCUT2D eigenvalue weighted by atomic mass is 10.2. The molecule has 1 aliphatic heterocycles.